The van der Waals surface area contributed by atoms with Gasteiger partial charge in [-0.2, -0.15) is 0 Å². The standard InChI is InChI=1S/C16H18Cl3N3O/c1-4-10(5-2)20-15-16(23-3)21-13(14(19)22-15)11-7-6-9(17)8-12(11)18/h6-8,10H,4-5H2,1-3H3,(H,20,22). The van der Waals surface area contributed by atoms with Crippen LogP contribution in [0.1, 0.15) is 26.7 Å². The monoisotopic (exact) mass is 373 g/mol. The van der Waals surface area contributed by atoms with E-state index in [0.29, 0.717) is 33.0 Å². The lowest BCUT2D eigenvalue weighted by molar-refractivity contribution is 0.397. The van der Waals surface area contributed by atoms with E-state index in [9.17, 15) is 0 Å². The Morgan fingerprint density at radius 1 is 1.13 bits per heavy atom. The van der Waals surface area contributed by atoms with Gasteiger partial charge >= 0.3 is 0 Å². The number of benzene rings is 1. The second kappa shape index (κ2) is 8.04. The predicted octanol–water partition coefficient (Wildman–Crippen LogP) is 5.71. The van der Waals surface area contributed by atoms with E-state index in [1.165, 1.54) is 0 Å². The lowest BCUT2D eigenvalue weighted by Gasteiger charge is -2.18. The molecule has 2 aromatic rings. The molecule has 0 saturated carbocycles. The molecule has 0 unspecified atom stereocenters. The van der Waals surface area contributed by atoms with Crippen molar-refractivity contribution in [3.05, 3.63) is 33.4 Å². The summed E-state index contributed by atoms with van der Waals surface area (Å²) in [5.74, 6) is 0.905. The Hall–Kier alpha value is -1.23. The first kappa shape index (κ1) is 18.1. The van der Waals surface area contributed by atoms with Crippen molar-refractivity contribution in [2.75, 3.05) is 12.4 Å². The number of methoxy groups -OCH3 is 1. The van der Waals surface area contributed by atoms with Gasteiger partial charge < -0.3 is 10.1 Å². The summed E-state index contributed by atoms with van der Waals surface area (Å²) < 4.78 is 5.35. The molecule has 124 valence electrons. The number of ether oxygens (including phenoxy) is 1. The fraction of sp³-hybridized carbons (Fsp3) is 0.375. The third kappa shape index (κ3) is 4.19. The predicted molar refractivity (Wildman–Crippen MR) is 97.0 cm³/mol. The summed E-state index contributed by atoms with van der Waals surface area (Å²) in [6.45, 7) is 4.20. The number of nitrogens with one attached hydrogen (secondary N) is 1. The van der Waals surface area contributed by atoms with Crippen molar-refractivity contribution in [1.82, 2.24) is 9.97 Å². The van der Waals surface area contributed by atoms with Gasteiger partial charge in [0.1, 0.15) is 5.69 Å². The number of aromatic nitrogens is 2. The van der Waals surface area contributed by atoms with Crippen LogP contribution in [-0.4, -0.2) is 23.1 Å². The van der Waals surface area contributed by atoms with Gasteiger partial charge in [-0.05, 0) is 31.0 Å². The van der Waals surface area contributed by atoms with Crippen LogP contribution in [0.4, 0.5) is 5.82 Å². The van der Waals surface area contributed by atoms with Crippen molar-refractivity contribution in [3.8, 4) is 17.1 Å². The van der Waals surface area contributed by atoms with Gasteiger partial charge in [0.05, 0.1) is 12.1 Å². The zero-order valence-electron chi connectivity index (χ0n) is 13.2. The van der Waals surface area contributed by atoms with E-state index in [2.05, 4.69) is 29.1 Å². The highest BCUT2D eigenvalue weighted by Gasteiger charge is 2.18. The normalized spacial score (nSPS) is 10.9. The molecule has 1 N–H and O–H groups in total. The summed E-state index contributed by atoms with van der Waals surface area (Å²) in [6.07, 6.45) is 1.92. The van der Waals surface area contributed by atoms with Gasteiger partial charge in [-0.15, -0.1) is 0 Å². The minimum Gasteiger partial charge on any atom is -0.478 e. The van der Waals surface area contributed by atoms with Crippen molar-refractivity contribution >= 4 is 40.6 Å². The summed E-state index contributed by atoms with van der Waals surface area (Å²) in [6, 6.07) is 5.40. The molecule has 1 aromatic carbocycles. The summed E-state index contributed by atoms with van der Waals surface area (Å²) in [5.41, 5.74) is 1.11. The van der Waals surface area contributed by atoms with E-state index >= 15 is 0 Å². The lowest BCUT2D eigenvalue weighted by Crippen LogP contribution is -2.19. The van der Waals surface area contributed by atoms with Crippen molar-refractivity contribution in [3.63, 3.8) is 0 Å². The molecule has 0 aliphatic heterocycles. The topological polar surface area (TPSA) is 47.0 Å². The van der Waals surface area contributed by atoms with Crippen LogP contribution >= 0.6 is 34.8 Å². The lowest BCUT2D eigenvalue weighted by atomic mass is 10.1. The highest BCUT2D eigenvalue weighted by atomic mass is 35.5. The molecule has 2 rings (SSSR count). The number of rotatable bonds is 6. The first-order chi connectivity index (χ1) is 11.0. The molecular formula is C16H18Cl3N3O. The second-order valence-corrected chi connectivity index (χ2v) is 6.20. The first-order valence-corrected chi connectivity index (χ1v) is 8.47. The van der Waals surface area contributed by atoms with Gasteiger partial charge in [0, 0.05) is 16.6 Å². The largest absolute Gasteiger partial charge is 0.478 e. The van der Waals surface area contributed by atoms with Crippen LogP contribution < -0.4 is 10.1 Å². The maximum atomic E-state index is 6.31. The highest BCUT2D eigenvalue weighted by Crippen LogP contribution is 2.36. The Kier molecular flexibility index (Phi) is 6.33. The zero-order chi connectivity index (χ0) is 17.0. The molecule has 7 heteroatoms. The summed E-state index contributed by atoms with van der Waals surface area (Å²) in [4.78, 5) is 8.86. The van der Waals surface area contributed by atoms with E-state index < -0.39 is 0 Å². The van der Waals surface area contributed by atoms with Gasteiger partial charge in [-0.3, -0.25) is 0 Å². The minimum atomic E-state index is 0.253. The van der Waals surface area contributed by atoms with Gasteiger partial charge in [-0.25, -0.2) is 9.97 Å². The molecule has 0 saturated heterocycles. The molecule has 0 atom stereocenters. The van der Waals surface area contributed by atoms with Gasteiger partial charge in [0.15, 0.2) is 11.0 Å². The minimum absolute atomic E-state index is 0.253. The third-order valence-electron chi connectivity index (χ3n) is 3.53. The molecule has 0 fully saturated rings. The Labute approximate surface area is 151 Å². The third-order valence-corrected chi connectivity index (χ3v) is 4.34. The average Bonchev–Trinajstić information content (AvgIpc) is 2.53. The Bertz CT molecular complexity index is 691. The average molecular weight is 375 g/mol. The molecular weight excluding hydrogens is 357 g/mol. The van der Waals surface area contributed by atoms with Crippen LogP contribution in [0.5, 0.6) is 5.88 Å². The maximum absolute atomic E-state index is 6.31. The summed E-state index contributed by atoms with van der Waals surface area (Å²) in [5, 5.41) is 4.56. The van der Waals surface area contributed by atoms with Crippen LogP contribution in [-0.2, 0) is 0 Å². The number of nitrogens with zero attached hydrogens (tertiary/aromatic N) is 2. The number of hydrogen-bond donors (Lipinski definition) is 1. The van der Waals surface area contributed by atoms with Crippen molar-refractivity contribution < 1.29 is 4.74 Å². The molecule has 1 aromatic heterocycles. The smallest absolute Gasteiger partial charge is 0.257 e. The van der Waals surface area contributed by atoms with E-state index in [4.69, 9.17) is 39.5 Å². The Morgan fingerprint density at radius 2 is 1.83 bits per heavy atom. The van der Waals surface area contributed by atoms with Gasteiger partial charge in [-0.1, -0.05) is 48.7 Å². The van der Waals surface area contributed by atoms with Crippen LogP contribution in [0.25, 0.3) is 11.3 Å². The van der Waals surface area contributed by atoms with Crippen LogP contribution in [0.15, 0.2) is 18.2 Å². The van der Waals surface area contributed by atoms with Gasteiger partial charge in [0.25, 0.3) is 5.88 Å². The fourth-order valence-corrected chi connectivity index (χ4v) is 2.90. The molecule has 4 nitrogen and oxygen atoms in total. The SMILES string of the molecule is CCC(CC)Nc1nc(Cl)c(-c2ccc(Cl)cc2Cl)nc1OC. The molecule has 0 bridgehead atoms. The molecule has 0 spiro atoms. The van der Waals surface area contributed by atoms with Crippen molar-refractivity contribution in [1.29, 1.82) is 0 Å². The maximum Gasteiger partial charge on any atom is 0.257 e. The summed E-state index contributed by atoms with van der Waals surface area (Å²) in [7, 11) is 1.54. The molecule has 0 aliphatic carbocycles. The Balaban J connectivity index is 2.47. The molecule has 0 aliphatic rings. The van der Waals surface area contributed by atoms with E-state index in [1.54, 1.807) is 25.3 Å². The molecule has 0 radical (unpaired) electrons. The van der Waals surface area contributed by atoms with Crippen LogP contribution in [0.2, 0.25) is 15.2 Å². The zero-order valence-corrected chi connectivity index (χ0v) is 15.4. The van der Waals surface area contributed by atoms with E-state index in [0.717, 1.165) is 12.8 Å². The molecule has 0 amide bonds. The molecule has 1 heterocycles. The fourth-order valence-electron chi connectivity index (χ4n) is 2.17. The molecule has 23 heavy (non-hydrogen) atoms. The second-order valence-electron chi connectivity index (χ2n) is 5.00. The number of halogens is 3. The summed E-state index contributed by atoms with van der Waals surface area (Å²) >= 11 is 18.5. The number of anilines is 1. The highest BCUT2D eigenvalue weighted by molar-refractivity contribution is 6.37. The first-order valence-electron chi connectivity index (χ1n) is 7.33. The quantitative estimate of drug-likeness (QED) is 0.703. The van der Waals surface area contributed by atoms with Crippen molar-refractivity contribution in [2.45, 2.75) is 32.7 Å². The van der Waals surface area contributed by atoms with E-state index in [-0.39, 0.29) is 11.2 Å². The van der Waals surface area contributed by atoms with E-state index in [1.807, 2.05) is 0 Å². The number of hydrogen-bond acceptors (Lipinski definition) is 4. The van der Waals surface area contributed by atoms with Crippen LogP contribution in [0, 0.1) is 0 Å². The van der Waals surface area contributed by atoms with Gasteiger partial charge in [0.2, 0.25) is 0 Å². The van der Waals surface area contributed by atoms with Crippen molar-refractivity contribution in [2.24, 2.45) is 0 Å². The Morgan fingerprint density at radius 3 is 2.39 bits per heavy atom. The van der Waals surface area contributed by atoms with Crippen LogP contribution in [0.3, 0.4) is 0 Å².